The van der Waals surface area contributed by atoms with Crippen molar-refractivity contribution < 1.29 is 33.3 Å². The van der Waals surface area contributed by atoms with Crippen LogP contribution in [0, 0.1) is 6.92 Å². The van der Waals surface area contributed by atoms with Crippen LogP contribution in [0.5, 0.6) is 5.75 Å². The Morgan fingerprint density at radius 2 is 1.74 bits per heavy atom. The molecule has 2 spiro atoms. The molecule has 0 unspecified atom stereocenters. The lowest BCUT2D eigenvalue weighted by atomic mass is 9.79. The fraction of sp³-hybridized carbons (Fsp3) is 0.652. The lowest BCUT2D eigenvalue weighted by Crippen LogP contribution is -2.56. The molecule has 8 heteroatoms. The zero-order chi connectivity index (χ0) is 22.4. The summed E-state index contributed by atoms with van der Waals surface area (Å²) >= 11 is 0. The highest BCUT2D eigenvalue weighted by atomic mass is 16.7. The van der Waals surface area contributed by atoms with E-state index in [-0.39, 0.29) is 6.09 Å². The molecular formula is C23H31NO7. The summed E-state index contributed by atoms with van der Waals surface area (Å²) in [5, 5.41) is 0. The van der Waals surface area contributed by atoms with E-state index in [1.54, 1.807) is 11.0 Å². The highest BCUT2D eigenvalue weighted by Gasteiger charge is 2.55. The zero-order valence-electron chi connectivity index (χ0n) is 18.9. The number of ether oxygens (including phenoxy) is 5. The number of fused-ring (bicyclic) bond motifs is 2. The number of nitrogens with zero attached hydrogens (tertiary/aromatic N) is 1. The molecule has 170 valence electrons. The SMILES string of the molecule is COC(=O)c1ccc2c(c1C)OC1(CCN(C(=O)OC(C)(C)C)CC1)CC21OCCO1. The molecule has 0 bridgehead atoms. The third-order valence-electron chi connectivity index (χ3n) is 6.18. The molecule has 3 aliphatic rings. The van der Waals surface area contributed by atoms with Crippen molar-refractivity contribution in [3.8, 4) is 5.75 Å². The molecule has 0 aliphatic carbocycles. The molecule has 3 heterocycles. The summed E-state index contributed by atoms with van der Waals surface area (Å²) in [4.78, 5) is 26.5. The number of amides is 1. The van der Waals surface area contributed by atoms with E-state index in [0.29, 0.717) is 62.4 Å². The first-order valence-corrected chi connectivity index (χ1v) is 10.8. The molecule has 1 amide bonds. The first-order valence-electron chi connectivity index (χ1n) is 10.8. The Morgan fingerprint density at radius 3 is 2.32 bits per heavy atom. The van der Waals surface area contributed by atoms with Gasteiger partial charge in [0.2, 0.25) is 5.79 Å². The average Bonchev–Trinajstić information content (AvgIpc) is 3.16. The van der Waals surface area contributed by atoms with Crippen molar-refractivity contribution in [2.24, 2.45) is 0 Å². The van der Waals surface area contributed by atoms with Gasteiger partial charge in [0.15, 0.2) is 0 Å². The quantitative estimate of drug-likeness (QED) is 0.627. The first kappa shape index (κ1) is 21.9. The predicted octanol–water partition coefficient (Wildman–Crippen LogP) is 3.53. The van der Waals surface area contributed by atoms with E-state index in [0.717, 1.165) is 5.56 Å². The van der Waals surface area contributed by atoms with E-state index in [1.165, 1.54) is 7.11 Å². The highest BCUT2D eigenvalue weighted by Crippen LogP contribution is 2.52. The molecule has 0 saturated carbocycles. The maximum Gasteiger partial charge on any atom is 0.410 e. The monoisotopic (exact) mass is 433 g/mol. The van der Waals surface area contributed by atoms with Crippen LogP contribution in [-0.4, -0.2) is 61.6 Å². The van der Waals surface area contributed by atoms with Crippen LogP contribution in [-0.2, 0) is 24.7 Å². The van der Waals surface area contributed by atoms with E-state index in [1.807, 2.05) is 33.8 Å². The van der Waals surface area contributed by atoms with Crippen molar-refractivity contribution in [2.75, 3.05) is 33.4 Å². The third kappa shape index (κ3) is 3.99. The van der Waals surface area contributed by atoms with E-state index in [4.69, 9.17) is 23.7 Å². The van der Waals surface area contributed by atoms with Crippen molar-refractivity contribution in [2.45, 2.75) is 63.9 Å². The largest absolute Gasteiger partial charge is 0.486 e. The number of methoxy groups -OCH3 is 1. The molecule has 31 heavy (non-hydrogen) atoms. The Bertz CT molecular complexity index is 875. The molecule has 8 nitrogen and oxygen atoms in total. The standard InChI is InChI=1S/C23H31NO7/c1-15-16(19(25)27-5)6-7-17-18(15)30-22(14-23(17)28-12-13-29-23)8-10-24(11-9-22)20(26)31-21(2,3)4/h6-7H,8-14H2,1-5H3. The van der Waals surface area contributed by atoms with Gasteiger partial charge in [-0.1, -0.05) is 0 Å². The van der Waals surface area contributed by atoms with Gasteiger partial charge in [-0.3, -0.25) is 0 Å². The number of benzene rings is 1. The van der Waals surface area contributed by atoms with Crippen molar-refractivity contribution >= 4 is 12.1 Å². The molecule has 1 aromatic carbocycles. The smallest absolute Gasteiger partial charge is 0.410 e. The summed E-state index contributed by atoms with van der Waals surface area (Å²) in [6.45, 7) is 9.44. The van der Waals surface area contributed by atoms with Gasteiger partial charge in [-0.25, -0.2) is 9.59 Å². The molecule has 1 aromatic rings. The normalized spacial score (nSPS) is 21.5. The van der Waals surface area contributed by atoms with E-state index >= 15 is 0 Å². The molecular weight excluding hydrogens is 402 g/mol. The van der Waals surface area contributed by atoms with Gasteiger partial charge in [0.25, 0.3) is 0 Å². The maximum absolute atomic E-state index is 12.5. The topological polar surface area (TPSA) is 83.5 Å². The van der Waals surface area contributed by atoms with Crippen LogP contribution < -0.4 is 4.74 Å². The van der Waals surface area contributed by atoms with Crippen LogP contribution in [0.3, 0.4) is 0 Å². The number of esters is 1. The van der Waals surface area contributed by atoms with Crippen LogP contribution in [0.15, 0.2) is 12.1 Å². The summed E-state index contributed by atoms with van der Waals surface area (Å²) in [5.74, 6) is -0.700. The Balaban J connectivity index is 1.63. The van der Waals surface area contributed by atoms with Crippen molar-refractivity contribution in [3.63, 3.8) is 0 Å². The predicted molar refractivity (Wildman–Crippen MR) is 111 cm³/mol. The van der Waals surface area contributed by atoms with Gasteiger partial charge in [-0.2, -0.15) is 0 Å². The number of likely N-dealkylation sites (tertiary alicyclic amines) is 1. The minimum Gasteiger partial charge on any atom is -0.486 e. The Hall–Kier alpha value is -2.32. The maximum atomic E-state index is 12.5. The second-order valence-corrected chi connectivity index (χ2v) is 9.49. The van der Waals surface area contributed by atoms with Gasteiger partial charge in [0.05, 0.1) is 31.5 Å². The summed E-state index contributed by atoms with van der Waals surface area (Å²) in [6.07, 6.45) is 1.45. The highest BCUT2D eigenvalue weighted by molar-refractivity contribution is 5.92. The Labute approximate surface area is 182 Å². The van der Waals surface area contributed by atoms with Crippen LogP contribution in [0.25, 0.3) is 0 Å². The molecule has 3 aliphatic heterocycles. The molecule has 4 rings (SSSR count). The van der Waals surface area contributed by atoms with Crippen LogP contribution in [0.2, 0.25) is 0 Å². The minimum absolute atomic E-state index is 0.314. The third-order valence-corrected chi connectivity index (χ3v) is 6.18. The number of rotatable bonds is 1. The Kier molecular flexibility index (Phi) is 5.42. The van der Waals surface area contributed by atoms with E-state index in [9.17, 15) is 9.59 Å². The molecule has 0 radical (unpaired) electrons. The summed E-state index contributed by atoms with van der Waals surface area (Å²) in [6, 6.07) is 3.57. The van der Waals surface area contributed by atoms with Gasteiger partial charge < -0.3 is 28.6 Å². The zero-order valence-corrected chi connectivity index (χ0v) is 18.9. The summed E-state index contributed by atoms with van der Waals surface area (Å²) < 4.78 is 29.3. The van der Waals surface area contributed by atoms with Crippen molar-refractivity contribution in [3.05, 3.63) is 28.8 Å². The number of piperidine rings is 1. The van der Waals surface area contributed by atoms with Gasteiger partial charge in [0.1, 0.15) is 17.0 Å². The number of hydrogen-bond acceptors (Lipinski definition) is 7. The van der Waals surface area contributed by atoms with Crippen LogP contribution in [0.4, 0.5) is 4.79 Å². The fourth-order valence-corrected chi connectivity index (χ4v) is 4.64. The molecule has 0 N–H and O–H groups in total. The summed E-state index contributed by atoms with van der Waals surface area (Å²) in [5.41, 5.74) is 0.864. The van der Waals surface area contributed by atoms with Gasteiger partial charge in [-0.05, 0) is 39.8 Å². The summed E-state index contributed by atoms with van der Waals surface area (Å²) in [7, 11) is 1.36. The fourth-order valence-electron chi connectivity index (χ4n) is 4.64. The van der Waals surface area contributed by atoms with Crippen LogP contribution >= 0.6 is 0 Å². The molecule has 0 aromatic heterocycles. The molecule has 2 fully saturated rings. The van der Waals surface area contributed by atoms with Gasteiger partial charge in [-0.15, -0.1) is 0 Å². The second-order valence-electron chi connectivity index (χ2n) is 9.49. The van der Waals surface area contributed by atoms with Gasteiger partial charge >= 0.3 is 12.1 Å². The number of carbonyl (C=O) groups excluding carboxylic acids is 2. The Morgan fingerprint density at radius 1 is 1.10 bits per heavy atom. The van der Waals surface area contributed by atoms with Gasteiger partial charge in [0, 0.05) is 37.9 Å². The van der Waals surface area contributed by atoms with Crippen LogP contribution in [0.1, 0.15) is 61.5 Å². The van der Waals surface area contributed by atoms with Crippen molar-refractivity contribution in [1.29, 1.82) is 0 Å². The second kappa shape index (κ2) is 7.67. The lowest BCUT2D eigenvalue weighted by Gasteiger charge is -2.49. The number of carbonyl (C=O) groups is 2. The first-order chi connectivity index (χ1) is 14.6. The lowest BCUT2D eigenvalue weighted by molar-refractivity contribution is -0.219. The molecule has 2 saturated heterocycles. The van der Waals surface area contributed by atoms with E-state index in [2.05, 4.69) is 0 Å². The minimum atomic E-state index is -0.902. The van der Waals surface area contributed by atoms with E-state index < -0.39 is 23.0 Å². The molecule has 0 atom stereocenters. The number of hydrogen-bond donors (Lipinski definition) is 0. The van der Waals surface area contributed by atoms with Crippen molar-refractivity contribution in [1.82, 2.24) is 4.90 Å². The average molecular weight is 434 g/mol.